The molecule has 0 unspecified atom stereocenters. The van der Waals surface area contributed by atoms with E-state index in [4.69, 9.17) is 0 Å². The van der Waals surface area contributed by atoms with E-state index in [1.54, 1.807) is 4.90 Å². The van der Waals surface area contributed by atoms with E-state index >= 15 is 0 Å². The summed E-state index contributed by atoms with van der Waals surface area (Å²) in [6.07, 6.45) is 0. The molecule has 0 saturated heterocycles. The van der Waals surface area contributed by atoms with Crippen molar-refractivity contribution in [2.24, 2.45) is 0 Å². The van der Waals surface area contributed by atoms with Crippen LogP contribution in [0.1, 0.15) is 0 Å². The summed E-state index contributed by atoms with van der Waals surface area (Å²) in [6, 6.07) is 0. The zero-order valence-corrected chi connectivity index (χ0v) is 4.40. The predicted octanol–water partition coefficient (Wildman–Crippen LogP) is 0.337. The number of hydrogen-bond acceptors (Lipinski definition) is 1. The summed E-state index contributed by atoms with van der Waals surface area (Å²) in [5.41, 5.74) is 0. The maximum Gasteiger partial charge on any atom is 1.00 e. The van der Waals surface area contributed by atoms with Gasteiger partial charge < -0.3 is 4.90 Å². The minimum atomic E-state index is 0. The third-order valence-corrected chi connectivity index (χ3v) is 0. The van der Waals surface area contributed by atoms with Gasteiger partial charge in [0.2, 0.25) is 0 Å². The molecular weight excluding hydrogens is 114 g/mol. The summed E-state index contributed by atoms with van der Waals surface area (Å²) in [6.45, 7) is 0. The van der Waals surface area contributed by atoms with Crippen LogP contribution >= 0.6 is 0 Å². The Balaban J connectivity index is 0. The third-order valence-electron chi connectivity index (χ3n) is 0. The normalized spacial score (nSPS) is 7.20. The van der Waals surface area contributed by atoms with Gasteiger partial charge in [0.05, 0.1) is 0 Å². The van der Waals surface area contributed by atoms with Crippen molar-refractivity contribution >= 4 is 0 Å². The summed E-state index contributed by atoms with van der Waals surface area (Å²) >= 11 is 0. The van der Waals surface area contributed by atoms with Crippen molar-refractivity contribution in [1.29, 1.82) is 0 Å². The van der Waals surface area contributed by atoms with E-state index in [1.807, 2.05) is 14.1 Å². The zero-order valence-electron chi connectivity index (χ0n) is 3.46. The van der Waals surface area contributed by atoms with Gasteiger partial charge in [-0.2, -0.15) is 0 Å². The van der Waals surface area contributed by atoms with Crippen LogP contribution in [0, 0.1) is 7.05 Å². The van der Waals surface area contributed by atoms with Crippen LogP contribution in [-0.2, 0) is 17.1 Å². The Morgan fingerprint density at radius 1 is 1.40 bits per heavy atom. The van der Waals surface area contributed by atoms with Gasteiger partial charge in [-0.1, -0.05) is 0 Å². The van der Waals surface area contributed by atoms with Gasteiger partial charge in [-0.15, -0.1) is 0 Å². The molecule has 0 heterocycles. The van der Waals surface area contributed by atoms with Crippen molar-refractivity contribution in [3.05, 3.63) is 7.05 Å². The van der Waals surface area contributed by atoms with E-state index in [2.05, 4.69) is 7.05 Å². The molecule has 0 N–H and O–H groups in total. The molecule has 0 saturated carbocycles. The summed E-state index contributed by atoms with van der Waals surface area (Å²) in [5.74, 6) is 0. The Kier molecular flexibility index (Phi) is 8.14. The van der Waals surface area contributed by atoms with E-state index in [0.717, 1.165) is 0 Å². The minimum absolute atomic E-state index is 0. The van der Waals surface area contributed by atoms with Gasteiger partial charge in [-0.3, -0.25) is 7.05 Å². The van der Waals surface area contributed by atoms with Crippen LogP contribution in [0.4, 0.5) is 0 Å². The molecule has 0 aromatic carbocycles. The van der Waals surface area contributed by atoms with Crippen LogP contribution in [0.25, 0.3) is 0 Å². The molecule has 5 heavy (non-hydrogen) atoms. The number of nitrogens with zero attached hydrogens (tertiary/aromatic N) is 1. The molecule has 0 aliphatic carbocycles. The van der Waals surface area contributed by atoms with E-state index in [1.165, 1.54) is 0 Å². The molecule has 0 aromatic rings. The second kappa shape index (κ2) is 4.48. The monoisotopic (exact) mass is 121 g/mol. The number of hydrogen-bond donors (Lipinski definition) is 0. The molecule has 0 radical (unpaired) electrons. The maximum absolute atomic E-state index is 3.47. The van der Waals surface area contributed by atoms with E-state index in [-0.39, 0.29) is 17.1 Å². The van der Waals surface area contributed by atoms with Gasteiger partial charge in [0, 0.05) is 0 Å². The predicted molar refractivity (Wildman–Crippen MR) is 19.0 cm³/mol. The molecule has 36 valence electrons. The van der Waals surface area contributed by atoms with Crippen molar-refractivity contribution in [1.82, 2.24) is 4.90 Å². The Labute approximate surface area is 43.8 Å². The summed E-state index contributed by atoms with van der Waals surface area (Å²) < 4.78 is 0. The van der Waals surface area contributed by atoms with Crippen LogP contribution in [0.3, 0.4) is 0 Å². The molecule has 0 atom stereocenters. The molecule has 0 amide bonds. The van der Waals surface area contributed by atoms with Gasteiger partial charge in [0.15, 0.2) is 0 Å². The van der Waals surface area contributed by atoms with Gasteiger partial charge in [0.25, 0.3) is 0 Å². The summed E-state index contributed by atoms with van der Waals surface area (Å²) in [4.78, 5) is 1.75. The van der Waals surface area contributed by atoms with Crippen LogP contribution in [0.5, 0.6) is 0 Å². The fraction of sp³-hybridized carbons (Fsp3) is 0.667. The SMILES string of the molecule is [CH2-]N(C)C.[Cu+]. The second-order valence-electron chi connectivity index (χ2n) is 1.08. The van der Waals surface area contributed by atoms with Crippen molar-refractivity contribution < 1.29 is 17.1 Å². The van der Waals surface area contributed by atoms with Gasteiger partial charge >= 0.3 is 17.1 Å². The molecule has 2 heteroatoms. The maximum atomic E-state index is 3.47. The van der Waals surface area contributed by atoms with E-state index in [0.29, 0.717) is 0 Å². The Morgan fingerprint density at radius 2 is 1.40 bits per heavy atom. The van der Waals surface area contributed by atoms with Gasteiger partial charge in [0.1, 0.15) is 0 Å². The Bertz CT molecular complexity index is 11.6. The zero-order chi connectivity index (χ0) is 3.58. The average Bonchev–Trinajstić information content (AvgIpc) is 0.811. The van der Waals surface area contributed by atoms with Gasteiger partial charge in [-0.05, 0) is 14.1 Å². The minimum Gasteiger partial charge on any atom is -0.464 e. The Morgan fingerprint density at radius 3 is 1.40 bits per heavy atom. The first-order valence-electron chi connectivity index (χ1n) is 1.21. The Hall–Kier alpha value is 0.479. The largest absolute Gasteiger partial charge is 1.00 e. The second-order valence-corrected chi connectivity index (χ2v) is 1.08. The summed E-state index contributed by atoms with van der Waals surface area (Å²) in [7, 11) is 7.25. The van der Waals surface area contributed by atoms with Crippen molar-refractivity contribution in [3.8, 4) is 0 Å². The van der Waals surface area contributed by atoms with Crippen molar-refractivity contribution in [2.75, 3.05) is 14.1 Å². The molecule has 1 nitrogen and oxygen atoms in total. The standard InChI is InChI=1S/C3H8N.Cu/c1-4(2)3;/h1H2,2-3H3;/q-1;+1. The molecule has 0 bridgehead atoms. The fourth-order valence-electron chi connectivity index (χ4n) is 0. The first-order chi connectivity index (χ1) is 1.73. The number of rotatable bonds is 0. The summed E-state index contributed by atoms with van der Waals surface area (Å²) in [5, 5.41) is 0. The third kappa shape index (κ3) is 120. The molecule has 0 rings (SSSR count). The average molecular weight is 122 g/mol. The molecular formula is C3H8CuN. The van der Waals surface area contributed by atoms with Crippen molar-refractivity contribution in [3.63, 3.8) is 0 Å². The van der Waals surface area contributed by atoms with Crippen LogP contribution in [0.2, 0.25) is 0 Å². The van der Waals surface area contributed by atoms with Crippen LogP contribution in [-0.4, -0.2) is 19.0 Å². The van der Waals surface area contributed by atoms with Gasteiger partial charge in [-0.25, -0.2) is 0 Å². The van der Waals surface area contributed by atoms with Crippen molar-refractivity contribution in [2.45, 2.75) is 0 Å². The first-order valence-corrected chi connectivity index (χ1v) is 1.21. The quantitative estimate of drug-likeness (QED) is 0.330. The smallest absolute Gasteiger partial charge is 0.464 e. The molecule has 0 spiro atoms. The van der Waals surface area contributed by atoms with E-state index in [9.17, 15) is 0 Å². The first kappa shape index (κ1) is 9.08. The van der Waals surface area contributed by atoms with Crippen LogP contribution in [0.15, 0.2) is 0 Å². The topological polar surface area (TPSA) is 3.24 Å². The molecule has 0 aliphatic rings. The molecule has 0 aromatic heterocycles. The molecule has 0 fully saturated rings. The molecule has 0 aliphatic heterocycles. The van der Waals surface area contributed by atoms with E-state index < -0.39 is 0 Å². The fourth-order valence-corrected chi connectivity index (χ4v) is 0. The van der Waals surface area contributed by atoms with Crippen LogP contribution < -0.4 is 0 Å².